The van der Waals surface area contributed by atoms with Crippen LogP contribution in [0.2, 0.25) is 0 Å². The molecule has 27 heavy (non-hydrogen) atoms. The van der Waals surface area contributed by atoms with E-state index < -0.39 is 44.8 Å². The Labute approximate surface area is 163 Å². The van der Waals surface area contributed by atoms with Gasteiger partial charge in [0.1, 0.15) is 0 Å². The van der Waals surface area contributed by atoms with Gasteiger partial charge < -0.3 is 5.21 Å². The van der Waals surface area contributed by atoms with E-state index in [1.54, 1.807) is 27.7 Å². The molecule has 159 valence electrons. The number of rotatable bonds is 4. The lowest BCUT2D eigenvalue weighted by molar-refractivity contribution is -0.297. The van der Waals surface area contributed by atoms with Gasteiger partial charge in [0.05, 0.1) is 12.2 Å². The lowest BCUT2D eigenvalue weighted by Crippen LogP contribution is -2.61. The Balaban J connectivity index is 2.09. The number of piperidine rings is 2. The highest BCUT2D eigenvalue weighted by atomic mass is 32.3. The van der Waals surface area contributed by atoms with Crippen molar-refractivity contribution in [1.82, 2.24) is 10.1 Å². The molecule has 0 aromatic heterocycles. The summed E-state index contributed by atoms with van der Waals surface area (Å²) in [5.74, 6) is 0. The van der Waals surface area contributed by atoms with Crippen LogP contribution in [0.15, 0.2) is 0 Å². The minimum Gasteiger partial charge on any atom is -0.313 e. The maximum atomic E-state index is 12.6. The van der Waals surface area contributed by atoms with Crippen LogP contribution in [0.3, 0.4) is 0 Å². The van der Waals surface area contributed by atoms with Crippen LogP contribution in [0.5, 0.6) is 0 Å². The zero-order chi connectivity index (χ0) is 21.1. The molecule has 2 fully saturated rings. The zero-order valence-corrected chi connectivity index (χ0v) is 18.6. The second kappa shape index (κ2) is 6.90. The molecule has 0 bridgehead atoms. The van der Waals surface area contributed by atoms with Crippen LogP contribution in [0, 0.1) is 0 Å². The van der Waals surface area contributed by atoms with Crippen LogP contribution in [0.25, 0.3) is 0 Å². The molecule has 0 aromatic carbocycles. The third-order valence-corrected chi connectivity index (χ3v) is 6.68. The van der Waals surface area contributed by atoms with Gasteiger partial charge in [-0.3, -0.25) is 0 Å². The molecule has 0 unspecified atom stereocenters. The van der Waals surface area contributed by atoms with Gasteiger partial charge in [-0.1, -0.05) is 0 Å². The summed E-state index contributed by atoms with van der Waals surface area (Å²) in [6.07, 6.45) is 0.0911. The highest BCUT2D eigenvalue weighted by molar-refractivity contribution is 7.81. The fourth-order valence-electron chi connectivity index (χ4n) is 4.84. The summed E-state index contributed by atoms with van der Waals surface area (Å²) in [6, 6.07) is 0. The summed E-state index contributed by atoms with van der Waals surface area (Å²) in [5, 5.41) is 25.1. The topological polar surface area (TPSA) is 99.2 Å². The molecule has 0 aromatic rings. The van der Waals surface area contributed by atoms with E-state index in [0.29, 0.717) is 25.7 Å². The van der Waals surface area contributed by atoms with Crippen LogP contribution >= 0.6 is 0 Å². The number of hydrogen-bond acceptors (Lipinski definition) is 7. The lowest BCUT2D eigenvalue weighted by Gasteiger charge is -2.51. The number of hydroxylamine groups is 4. The molecule has 2 saturated heterocycles. The summed E-state index contributed by atoms with van der Waals surface area (Å²) in [7, 11) is -4.24. The van der Waals surface area contributed by atoms with Gasteiger partial charge in [0.15, 0.2) is 0 Å². The minimum absolute atomic E-state index is 0.300. The Morgan fingerprint density at radius 1 is 0.741 bits per heavy atom. The van der Waals surface area contributed by atoms with E-state index in [9.17, 15) is 18.8 Å². The molecule has 1 N–H and O–H groups in total. The molecule has 0 amide bonds. The van der Waals surface area contributed by atoms with Gasteiger partial charge in [-0.15, -0.1) is 10.3 Å². The van der Waals surface area contributed by atoms with Gasteiger partial charge in [0.25, 0.3) is 0 Å². The van der Waals surface area contributed by atoms with Crippen molar-refractivity contribution in [3.63, 3.8) is 0 Å². The molecule has 2 rings (SSSR count). The highest BCUT2D eigenvalue weighted by Gasteiger charge is 2.49. The third-order valence-electron chi connectivity index (χ3n) is 5.66. The quantitative estimate of drug-likeness (QED) is 0.764. The molecule has 0 aliphatic carbocycles. The van der Waals surface area contributed by atoms with E-state index in [4.69, 9.17) is 8.37 Å². The van der Waals surface area contributed by atoms with E-state index in [1.807, 2.05) is 27.7 Å². The van der Waals surface area contributed by atoms with Crippen LogP contribution in [-0.4, -0.2) is 58.1 Å². The summed E-state index contributed by atoms with van der Waals surface area (Å²) >= 11 is 0. The molecule has 0 spiro atoms. The largest absolute Gasteiger partial charge is 0.400 e. The van der Waals surface area contributed by atoms with E-state index in [1.165, 1.54) is 5.06 Å². The molecule has 9 heteroatoms. The Morgan fingerprint density at radius 2 is 1.04 bits per heavy atom. The predicted molar refractivity (Wildman–Crippen MR) is 99.6 cm³/mol. The molecule has 1 radical (unpaired) electrons. The fraction of sp³-hybridized carbons (Fsp3) is 1.00. The molecular formula is C18H35N2O6S. The van der Waals surface area contributed by atoms with Gasteiger partial charge >= 0.3 is 10.4 Å². The van der Waals surface area contributed by atoms with E-state index >= 15 is 0 Å². The Kier molecular flexibility index (Phi) is 5.87. The van der Waals surface area contributed by atoms with Crippen molar-refractivity contribution in [1.29, 1.82) is 0 Å². The molecule has 0 atom stereocenters. The van der Waals surface area contributed by atoms with Crippen molar-refractivity contribution < 1.29 is 27.2 Å². The average Bonchev–Trinajstić information content (AvgIpc) is 2.39. The van der Waals surface area contributed by atoms with Gasteiger partial charge in [-0.2, -0.15) is 13.5 Å². The van der Waals surface area contributed by atoms with Crippen LogP contribution in [-0.2, 0) is 24.0 Å². The second-order valence-corrected chi connectivity index (χ2v) is 11.7. The fourth-order valence-corrected chi connectivity index (χ4v) is 5.83. The van der Waals surface area contributed by atoms with E-state index in [0.717, 1.165) is 5.06 Å². The van der Waals surface area contributed by atoms with Crippen molar-refractivity contribution in [2.45, 2.75) is 115 Å². The first-order valence-corrected chi connectivity index (χ1v) is 10.8. The summed E-state index contributed by atoms with van der Waals surface area (Å²) in [4.78, 5) is 0. The van der Waals surface area contributed by atoms with Crippen LogP contribution in [0.4, 0.5) is 0 Å². The van der Waals surface area contributed by atoms with Crippen molar-refractivity contribution in [3.05, 3.63) is 0 Å². The van der Waals surface area contributed by atoms with Gasteiger partial charge in [0.2, 0.25) is 0 Å². The van der Waals surface area contributed by atoms with Crippen molar-refractivity contribution in [3.8, 4) is 0 Å². The summed E-state index contributed by atoms with van der Waals surface area (Å²) in [5.41, 5.74) is -2.71. The van der Waals surface area contributed by atoms with Crippen molar-refractivity contribution in [2.24, 2.45) is 0 Å². The maximum absolute atomic E-state index is 12.6. The first-order valence-electron chi connectivity index (χ1n) is 9.46. The summed E-state index contributed by atoms with van der Waals surface area (Å²) in [6.45, 7) is 14.5. The summed E-state index contributed by atoms with van der Waals surface area (Å²) < 4.78 is 35.9. The van der Waals surface area contributed by atoms with Crippen LogP contribution < -0.4 is 0 Å². The monoisotopic (exact) mass is 407 g/mol. The van der Waals surface area contributed by atoms with Crippen molar-refractivity contribution >= 4 is 10.4 Å². The van der Waals surface area contributed by atoms with Crippen molar-refractivity contribution in [2.75, 3.05) is 0 Å². The van der Waals surface area contributed by atoms with E-state index in [2.05, 4.69) is 0 Å². The first kappa shape index (κ1) is 23.0. The first-order chi connectivity index (χ1) is 11.9. The molecular weight excluding hydrogens is 372 g/mol. The molecule has 0 saturated carbocycles. The molecule has 2 aliphatic heterocycles. The van der Waals surface area contributed by atoms with E-state index in [-0.39, 0.29) is 0 Å². The van der Waals surface area contributed by atoms with Gasteiger partial charge in [0, 0.05) is 22.2 Å². The maximum Gasteiger partial charge on any atom is 0.400 e. The predicted octanol–water partition coefficient (Wildman–Crippen LogP) is 3.04. The Bertz CT molecular complexity index is 573. The number of hydrogen-bond donors (Lipinski definition) is 1. The number of nitrogens with zero attached hydrogens (tertiary/aromatic N) is 2. The van der Waals surface area contributed by atoms with Gasteiger partial charge in [-0.25, -0.2) is 8.37 Å². The SMILES string of the molecule is CC1(C)CC(OS(=O)(=O)OC2CC(C)(C)N(O)C(C)(C)C2)CC(C)(C)N1[O]. The highest BCUT2D eigenvalue weighted by Crippen LogP contribution is 2.41. The minimum atomic E-state index is -4.24. The van der Waals surface area contributed by atoms with Gasteiger partial charge in [-0.05, 0) is 81.1 Å². The zero-order valence-electron chi connectivity index (χ0n) is 17.8. The smallest absolute Gasteiger partial charge is 0.313 e. The third kappa shape index (κ3) is 5.01. The normalized spacial score (nSPS) is 29.7. The Hall–Kier alpha value is -0.290. The average molecular weight is 408 g/mol. The second-order valence-electron chi connectivity index (χ2n) is 10.5. The molecule has 2 heterocycles. The Morgan fingerprint density at radius 3 is 1.37 bits per heavy atom. The molecule has 2 aliphatic rings. The lowest BCUT2D eigenvalue weighted by atomic mass is 9.80. The van der Waals surface area contributed by atoms with Crippen LogP contribution in [0.1, 0.15) is 81.1 Å². The standard InChI is InChI=1S/C18H35N2O6S/c1-15(2)9-13(10-16(3,4)19(15)21)25-27(23,24)26-14-11-17(5,6)20(22)18(7,8)12-14/h13-14,21H,9-12H2,1-8H3. The molecule has 8 nitrogen and oxygen atoms in total.